The van der Waals surface area contributed by atoms with Gasteiger partial charge in [0, 0.05) is 5.02 Å². The van der Waals surface area contributed by atoms with Crippen molar-refractivity contribution < 1.29 is 19.7 Å². The van der Waals surface area contributed by atoms with Gasteiger partial charge < -0.3 is 14.9 Å². The zero-order valence-electron chi connectivity index (χ0n) is 9.80. The molecule has 1 saturated carbocycles. The SMILES string of the molecule is O=C(O)c1cc(Cl)ccc1OC1CCCCC1O. The van der Waals surface area contributed by atoms with E-state index in [4.69, 9.17) is 21.4 Å². The molecule has 5 heteroatoms. The number of hydrogen-bond acceptors (Lipinski definition) is 3. The van der Waals surface area contributed by atoms with Gasteiger partial charge in [-0.1, -0.05) is 18.0 Å². The Morgan fingerprint density at radius 2 is 2.06 bits per heavy atom. The van der Waals surface area contributed by atoms with E-state index in [1.54, 1.807) is 6.07 Å². The van der Waals surface area contributed by atoms with Crippen LogP contribution in [0.1, 0.15) is 36.0 Å². The second kappa shape index (κ2) is 5.59. The van der Waals surface area contributed by atoms with Gasteiger partial charge in [0.25, 0.3) is 0 Å². The molecule has 0 aliphatic heterocycles. The van der Waals surface area contributed by atoms with Crippen molar-refractivity contribution in [2.45, 2.75) is 37.9 Å². The molecule has 1 aromatic carbocycles. The lowest BCUT2D eigenvalue weighted by Gasteiger charge is -2.28. The summed E-state index contributed by atoms with van der Waals surface area (Å²) in [7, 11) is 0. The van der Waals surface area contributed by atoms with Crippen molar-refractivity contribution in [1.29, 1.82) is 0 Å². The molecule has 2 atom stereocenters. The summed E-state index contributed by atoms with van der Waals surface area (Å²) < 4.78 is 5.63. The van der Waals surface area contributed by atoms with E-state index in [2.05, 4.69) is 0 Å². The third-order valence-corrected chi connectivity index (χ3v) is 3.35. The average Bonchev–Trinajstić information content (AvgIpc) is 2.34. The van der Waals surface area contributed by atoms with Gasteiger partial charge in [-0.05, 0) is 37.5 Å². The van der Waals surface area contributed by atoms with Gasteiger partial charge in [-0.25, -0.2) is 4.79 Å². The van der Waals surface area contributed by atoms with Crippen molar-refractivity contribution in [3.05, 3.63) is 28.8 Å². The van der Waals surface area contributed by atoms with Gasteiger partial charge in [0.1, 0.15) is 17.4 Å². The van der Waals surface area contributed by atoms with Crippen LogP contribution in [0.25, 0.3) is 0 Å². The van der Waals surface area contributed by atoms with E-state index < -0.39 is 12.1 Å². The highest BCUT2D eigenvalue weighted by atomic mass is 35.5. The van der Waals surface area contributed by atoms with Crippen molar-refractivity contribution >= 4 is 17.6 Å². The number of hydrogen-bond donors (Lipinski definition) is 2. The maximum absolute atomic E-state index is 11.1. The van der Waals surface area contributed by atoms with Crippen LogP contribution in [0.3, 0.4) is 0 Å². The molecule has 2 rings (SSSR count). The molecule has 0 saturated heterocycles. The van der Waals surface area contributed by atoms with Crippen LogP contribution >= 0.6 is 11.6 Å². The quantitative estimate of drug-likeness (QED) is 0.886. The van der Waals surface area contributed by atoms with E-state index in [0.29, 0.717) is 11.4 Å². The lowest BCUT2D eigenvalue weighted by molar-refractivity contribution is 0.00606. The molecule has 2 unspecified atom stereocenters. The van der Waals surface area contributed by atoms with E-state index >= 15 is 0 Å². The number of benzene rings is 1. The van der Waals surface area contributed by atoms with E-state index in [1.165, 1.54) is 12.1 Å². The van der Waals surface area contributed by atoms with Crippen LogP contribution in [0.5, 0.6) is 5.75 Å². The molecule has 0 radical (unpaired) electrons. The van der Waals surface area contributed by atoms with Gasteiger partial charge in [0.05, 0.1) is 6.10 Å². The smallest absolute Gasteiger partial charge is 0.339 e. The minimum Gasteiger partial charge on any atom is -0.487 e. The number of halogens is 1. The highest BCUT2D eigenvalue weighted by molar-refractivity contribution is 6.31. The molecule has 1 aliphatic rings. The third-order valence-electron chi connectivity index (χ3n) is 3.12. The number of carboxylic acid groups (broad SMARTS) is 1. The first-order valence-corrected chi connectivity index (χ1v) is 6.33. The molecule has 0 spiro atoms. The van der Waals surface area contributed by atoms with Gasteiger partial charge in [-0.15, -0.1) is 0 Å². The summed E-state index contributed by atoms with van der Waals surface area (Å²) in [6.45, 7) is 0. The maximum atomic E-state index is 11.1. The second-order valence-electron chi connectivity index (χ2n) is 4.45. The lowest BCUT2D eigenvalue weighted by atomic mass is 9.95. The van der Waals surface area contributed by atoms with Gasteiger partial charge in [0.2, 0.25) is 0 Å². The Morgan fingerprint density at radius 1 is 1.33 bits per heavy atom. The predicted octanol–water partition coefficient (Wildman–Crippen LogP) is 2.72. The summed E-state index contributed by atoms with van der Waals surface area (Å²) in [6.07, 6.45) is 2.53. The normalized spacial score (nSPS) is 23.7. The second-order valence-corrected chi connectivity index (χ2v) is 4.89. The zero-order chi connectivity index (χ0) is 13.1. The van der Waals surface area contributed by atoms with Crippen molar-refractivity contribution in [2.24, 2.45) is 0 Å². The summed E-state index contributed by atoms with van der Waals surface area (Å²) in [4.78, 5) is 11.1. The Morgan fingerprint density at radius 3 is 2.72 bits per heavy atom. The van der Waals surface area contributed by atoms with Gasteiger partial charge in [0.15, 0.2) is 0 Å². The molecular formula is C13H15ClO4. The minimum absolute atomic E-state index is 0.0280. The largest absolute Gasteiger partial charge is 0.487 e. The number of rotatable bonds is 3. The van der Waals surface area contributed by atoms with Crippen molar-refractivity contribution in [2.75, 3.05) is 0 Å². The molecule has 1 aromatic rings. The number of aliphatic hydroxyl groups excluding tert-OH is 1. The Labute approximate surface area is 110 Å². The highest BCUT2D eigenvalue weighted by Crippen LogP contribution is 2.28. The standard InChI is InChI=1S/C13H15ClO4/c14-8-5-6-11(9(7-8)13(16)17)18-12-4-2-1-3-10(12)15/h5-7,10,12,15H,1-4H2,(H,16,17). The summed E-state index contributed by atoms with van der Waals surface area (Å²) in [5, 5.41) is 19.3. The monoisotopic (exact) mass is 270 g/mol. The van der Waals surface area contributed by atoms with Crippen LogP contribution in [0.15, 0.2) is 18.2 Å². The molecule has 1 aliphatic carbocycles. The lowest BCUT2D eigenvalue weighted by Crippen LogP contribution is -2.35. The molecular weight excluding hydrogens is 256 g/mol. The van der Waals surface area contributed by atoms with Crippen molar-refractivity contribution in [1.82, 2.24) is 0 Å². The van der Waals surface area contributed by atoms with E-state index in [9.17, 15) is 9.90 Å². The van der Waals surface area contributed by atoms with Crippen LogP contribution in [0.2, 0.25) is 5.02 Å². The number of aliphatic hydroxyl groups is 1. The summed E-state index contributed by atoms with van der Waals surface area (Å²) in [6, 6.07) is 4.47. The molecule has 0 aromatic heterocycles. The first-order chi connectivity index (χ1) is 8.58. The van der Waals surface area contributed by atoms with Crippen molar-refractivity contribution in [3.63, 3.8) is 0 Å². The molecule has 0 heterocycles. The summed E-state index contributed by atoms with van der Waals surface area (Å²) in [5.74, 6) is -0.823. The Balaban J connectivity index is 2.20. The molecule has 98 valence electrons. The number of carboxylic acids is 1. The fourth-order valence-corrected chi connectivity index (χ4v) is 2.32. The number of ether oxygens (including phenoxy) is 1. The summed E-state index contributed by atoms with van der Waals surface area (Å²) >= 11 is 5.76. The van der Waals surface area contributed by atoms with Gasteiger partial charge >= 0.3 is 5.97 Å². The van der Waals surface area contributed by atoms with Gasteiger partial charge in [-0.2, -0.15) is 0 Å². The Hall–Kier alpha value is -1.26. The van der Waals surface area contributed by atoms with Crippen LogP contribution in [-0.2, 0) is 0 Å². The first-order valence-electron chi connectivity index (χ1n) is 5.95. The fourth-order valence-electron chi connectivity index (χ4n) is 2.15. The average molecular weight is 271 g/mol. The van der Waals surface area contributed by atoms with E-state index in [0.717, 1.165) is 19.3 Å². The topological polar surface area (TPSA) is 66.8 Å². The number of aromatic carboxylic acids is 1. The third kappa shape index (κ3) is 2.94. The Bertz CT molecular complexity index is 447. The molecule has 2 N–H and O–H groups in total. The van der Waals surface area contributed by atoms with Crippen LogP contribution in [0.4, 0.5) is 0 Å². The first kappa shape index (κ1) is 13.2. The van der Waals surface area contributed by atoms with Gasteiger partial charge in [-0.3, -0.25) is 0 Å². The van der Waals surface area contributed by atoms with Crippen LogP contribution in [0, 0.1) is 0 Å². The predicted molar refractivity (Wildman–Crippen MR) is 67.3 cm³/mol. The molecule has 18 heavy (non-hydrogen) atoms. The van der Waals surface area contributed by atoms with Crippen molar-refractivity contribution in [3.8, 4) is 5.75 Å². The summed E-state index contributed by atoms with van der Waals surface area (Å²) in [5.41, 5.74) is 0.0280. The van der Waals surface area contributed by atoms with Crippen LogP contribution < -0.4 is 4.74 Å². The molecule has 4 nitrogen and oxygen atoms in total. The Kier molecular flexibility index (Phi) is 4.09. The highest BCUT2D eigenvalue weighted by Gasteiger charge is 2.26. The van der Waals surface area contributed by atoms with Crippen LogP contribution in [-0.4, -0.2) is 28.4 Å². The molecule has 0 bridgehead atoms. The molecule has 1 fully saturated rings. The zero-order valence-corrected chi connectivity index (χ0v) is 10.6. The minimum atomic E-state index is -1.09. The number of carbonyl (C=O) groups is 1. The van der Waals surface area contributed by atoms with E-state index in [-0.39, 0.29) is 17.4 Å². The maximum Gasteiger partial charge on any atom is 0.339 e. The van der Waals surface area contributed by atoms with E-state index in [1.807, 2.05) is 0 Å². The fraction of sp³-hybridized carbons (Fsp3) is 0.462. The molecule has 0 amide bonds.